The van der Waals surface area contributed by atoms with Crippen molar-refractivity contribution in [2.75, 3.05) is 11.6 Å². The average molecular weight is 394 g/mol. The molecule has 1 aliphatic heterocycles. The highest BCUT2D eigenvalue weighted by Gasteiger charge is 2.43. The highest BCUT2D eigenvalue weighted by molar-refractivity contribution is 6.31. The van der Waals surface area contributed by atoms with Gasteiger partial charge in [0.1, 0.15) is 24.2 Å². The lowest BCUT2D eigenvalue weighted by Gasteiger charge is -2.40. The van der Waals surface area contributed by atoms with Crippen LogP contribution in [0, 0.1) is 5.82 Å². The summed E-state index contributed by atoms with van der Waals surface area (Å²) in [6.07, 6.45) is -4.43. The fraction of sp³-hybridized carbons (Fsp3) is 0.375. The first kappa shape index (κ1) is 20.2. The summed E-state index contributed by atoms with van der Waals surface area (Å²) in [7, 11) is 0. The monoisotopic (exact) mass is 393 g/mol. The van der Waals surface area contributed by atoms with E-state index < -0.39 is 36.2 Å². The Balaban J connectivity index is 2.61. The van der Waals surface area contributed by atoms with Crippen LogP contribution in [-0.2, 0) is 9.59 Å². The normalized spacial score (nSPS) is 18.2. The zero-order chi connectivity index (χ0) is 19.8. The summed E-state index contributed by atoms with van der Waals surface area (Å²) in [4.78, 5) is 23.8. The SMILES string of the molecule is CC(C)c1cc(N2CN(N)C(C(F)(F)F)=CC2C(=O)C=O)c(F)cc1Cl. The molecular weight excluding hydrogens is 378 g/mol. The number of halogens is 5. The van der Waals surface area contributed by atoms with Gasteiger partial charge in [-0.05, 0) is 29.7 Å². The van der Waals surface area contributed by atoms with Gasteiger partial charge in [-0.25, -0.2) is 10.2 Å². The van der Waals surface area contributed by atoms with Crippen molar-refractivity contribution in [1.82, 2.24) is 5.01 Å². The van der Waals surface area contributed by atoms with Crippen molar-refractivity contribution in [1.29, 1.82) is 0 Å². The van der Waals surface area contributed by atoms with E-state index in [1.165, 1.54) is 6.07 Å². The van der Waals surface area contributed by atoms with E-state index in [0.29, 0.717) is 16.6 Å². The quantitative estimate of drug-likeness (QED) is 0.368. The number of alkyl halides is 3. The van der Waals surface area contributed by atoms with Gasteiger partial charge in [0, 0.05) is 5.02 Å². The Morgan fingerprint density at radius 3 is 2.50 bits per heavy atom. The lowest BCUT2D eigenvalue weighted by molar-refractivity contribution is -0.131. The average Bonchev–Trinajstić information content (AvgIpc) is 2.52. The van der Waals surface area contributed by atoms with Gasteiger partial charge in [0.05, 0.1) is 5.69 Å². The van der Waals surface area contributed by atoms with Crippen molar-refractivity contribution in [3.63, 3.8) is 0 Å². The van der Waals surface area contributed by atoms with E-state index in [9.17, 15) is 27.2 Å². The molecule has 1 aliphatic rings. The second-order valence-electron chi connectivity index (χ2n) is 6.08. The van der Waals surface area contributed by atoms with Crippen LogP contribution in [0.2, 0.25) is 5.02 Å². The largest absolute Gasteiger partial charge is 0.432 e. The van der Waals surface area contributed by atoms with Crippen LogP contribution in [0.5, 0.6) is 0 Å². The highest BCUT2D eigenvalue weighted by Crippen LogP contribution is 2.36. The summed E-state index contributed by atoms with van der Waals surface area (Å²) in [6.45, 7) is 2.94. The van der Waals surface area contributed by atoms with E-state index in [2.05, 4.69) is 0 Å². The summed E-state index contributed by atoms with van der Waals surface area (Å²) in [5, 5.41) is 0.491. The van der Waals surface area contributed by atoms with Gasteiger partial charge in [0.2, 0.25) is 5.78 Å². The number of Topliss-reactive ketones (excluding diaryl/α,β-unsaturated/α-hetero) is 1. The van der Waals surface area contributed by atoms with Crippen LogP contribution in [0.4, 0.5) is 23.2 Å². The third-order valence-electron chi connectivity index (χ3n) is 3.96. The molecule has 1 aromatic rings. The third kappa shape index (κ3) is 3.83. The number of ketones is 1. The molecule has 1 unspecified atom stereocenters. The molecule has 1 heterocycles. The maximum absolute atomic E-state index is 14.4. The number of carbonyl (C=O) groups excluding carboxylic acids is 2. The first-order valence-corrected chi connectivity index (χ1v) is 7.91. The number of carbonyl (C=O) groups is 2. The minimum atomic E-state index is -4.83. The second kappa shape index (κ2) is 7.24. The maximum Gasteiger partial charge on any atom is 0.432 e. The summed E-state index contributed by atoms with van der Waals surface area (Å²) >= 11 is 6.00. The van der Waals surface area contributed by atoms with Crippen molar-refractivity contribution in [3.8, 4) is 0 Å². The first-order valence-electron chi connectivity index (χ1n) is 7.53. The number of allylic oxidation sites excluding steroid dienone is 1. The van der Waals surface area contributed by atoms with Gasteiger partial charge in [-0.2, -0.15) is 13.2 Å². The standard InChI is InChI=1S/C16H16ClF4N3O2/c1-8(2)9-3-12(11(18)4-10(9)17)23-7-24(22)15(16(19,20)21)5-13(23)14(26)6-25/h3-6,8,13H,7,22H2,1-2H3. The predicted octanol–water partition coefficient (Wildman–Crippen LogP) is 3.14. The van der Waals surface area contributed by atoms with Gasteiger partial charge in [-0.3, -0.25) is 14.6 Å². The number of hydrogen-bond donors (Lipinski definition) is 1. The molecule has 1 aromatic carbocycles. The first-order chi connectivity index (χ1) is 12.0. The van der Waals surface area contributed by atoms with E-state index in [1.807, 2.05) is 0 Å². The van der Waals surface area contributed by atoms with Gasteiger partial charge in [0.25, 0.3) is 0 Å². The van der Waals surface area contributed by atoms with Gasteiger partial charge in [0.15, 0.2) is 6.29 Å². The summed E-state index contributed by atoms with van der Waals surface area (Å²) in [6, 6.07) is 0.714. The van der Waals surface area contributed by atoms with Crippen LogP contribution < -0.4 is 10.7 Å². The van der Waals surface area contributed by atoms with Crippen molar-refractivity contribution in [3.05, 3.63) is 40.3 Å². The van der Waals surface area contributed by atoms with Crippen LogP contribution in [0.25, 0.3) is 0 Å². The topological polar surface area (TPSA) is 66.6 Å². The van der Waals surface area contributed by atoms with Crippen molar-refractivity contribution in [2.45, 2.75) is 32.0 Å². The molecule has 10 heteroatoms. The van der Waals surface area contributed by atoms with Crippen molar-refractivity contribution >= 4 is 29.4 Å². The zero-order valence-corrected chi connectivity index (χ0v) is 14.6. The Hall–Kier alpha value is -2.13. The van der Waals surface area contributed by atoms with Gasteiger partial charge in [-0.1, -0.05) is 25.4 Å². The molecule has 1 atom stereocenters. The van der Waals surface area contributed by atoms with Gasteiger partial charge < -0.3 is 4.90 Å². The molecule has 5 nitrogen and oxygen atoms in total. The van der Waals surface area contributed by atoms with Crippen LogP contribution in [-0.4, -0.2) is 36.0 Å². The zero-order valence-electron chi connectivity index (χ0n) is 13.8. The number of nitrogens with zero attached hydrogens (tertiary/aromatic N) is 2. The number of hydrazine groups is 1. The fourth-order valence-electron chi connectivity index (χ4n) is 2.67. The number of hydrogen-bond acceptors (Lipinski definition) is 5. The van der Waals surface area contributed by atoms with Gasteiger partial charge >= 0.3 is 6.18 Å². The molecule has 2 rings (SSSR count). The summed E-state index contributed by atoms with van der Waals surface area (Å²) in [5.41, 5.74) is -0.923. The molecule has 0 amide bonds. The Morgan fingerprint density at radius 2 is 2.00 bits per heavy atom. The van der Waals surface area contributed by atoms with E-state index in [-0.39, 0.29) is 22.9 Å². The third-order valence-corrected chi connectivity index (χ3v) is 4.29. The molecule has 0 aliphatic carbocycles. The predicted molar refractivity (Wildman–Crippen MR) is 87.9 cm³/mol. The molecule has 0 radical (unpaired) electrons. The molecular formula is C16H16ClF4N3O2. The molecule has 0 fully saturated rings. The maximum atomic E-state index is 14.4. The minimum Gasteiger partial charge on any atom is -0.336 e. The molecule has 0 saturated heterocycles. The Morgan fingerprint density at radius 1 is 1.38 bits per heavy atom. The van der Waals surface area contributed by atoms with Crippen molar-refractivity contribution in [2.24, 2.45) is 5.84 Å². The molecule has 0 bridgehead atoms. The number of nitrogens with two attached hydrogens (primary N) is 1. The Bertz CT molecular complexity index is 765. The molecule has 0 aromatic heterocycles. The number of aldehydes is 1. The van der Waals surface area contributed by atoms with Crippen LogP contribution in [0.15, 0.2) is 23.9 Å². The minimum absolute atomic E-state index is 0.106. The Labute approximate surface area is 152 Å². The summed E-state index contributed by atoms with van der Waals surface area (Å²) < 4.78 is 53.6. The fourth-order valence-corrected chi connectivity index (χ4v) is 3.04. The van der Waals surface area contributed by atoms with E-state index in [0.717, 1.165) is 11.0 Å². The Kier molecular flexibility index (Phi) is 5.62. The van der Waals surface area contributed by atoms with Crippen LogP contribution in [0.1, 0.15) is 25.3 Å². The highest BCUT2D eigenvalue weighted by atomic mass is 35.5. The smallest absolute Gasteiger partial charge is 0.336 e. The molecule has 26 heavy (non-hydrogen) atoms. The van der Waals surface area contributed by atoms with E-state index in [1.54, 1.807) is 13.8 Å². The van der Waals surface area contributed by atoms with Crippen molar-refractivity contribution < 1.29 is 27.2 Å². The molecule has 0 saturated carbocycles. The van der Waals surface area contributed by atoms with Crippen LogP contribution >= 0.6 is 11.6 Å². The lowest BCUT2D eigenvalue weighted by atomic mass is 10.0. The second-order valence-corrected chi connectivity index (χ2v) is 6.48. The lowest BCUT2D eigenvalue weighted by Crippen LogP contribution is -2.55. The number of benzene rings is 1. The number of anilines is 1. The van der Waals surface area contributed by atoms with E-state index >= 15 is 0 Å². The van der Waals surface area contributed by atoms with Gasteiger partial charge in [-0.15, -0.1) is 0 Å². The summed E-state index contributed by atoms with van der Waals surface area (Å²) in [5.74, 6) is 3.32. The molecule has 142 valence electrons. The van der Waals surface area contributed by atoms with Crippen LogP contribution in [0.3, 0.4) is 0 Å². The molecule has 2 N–H and O–H groups in total. The number of rotatable bonds is 4. The molecule has 0 spiro atoms. The van der Waals surface area contributed by atoms with E-state index in [4.69, 9.17) is 17.4 Å².